The number of pyridine rings is 1. The lowest BCUT2D eigenvalue weighted by molar-refractivity contribution is 0.575. The minimum absolute atomic E-state index is 0.0576. The Kier molecular flexibility index (Phi) is 4.32. The van der Waals surface area contributed by atoms with Gasteiger partial charge in [-0.3, -0.25) is 0 Å². The van der Waals surface area contributed by atoms with Gasteiger partial charge >= 0.3 is 0 Å². The van der Waals surface area contributed by atoms with E-state index in [1.54, 1.807) is 0 Å². The van der Waals surface area contributed by atoms with E-state index in [0.29, 0.717) is 23.3 Å². The van der Waals surface area contributed by atoms with E-state index in [-0.39, 0.29) is 10.9 Å². The second-order valence-corrected chi connectivity index (χ2v) is 6.78. The lowest BCUT2D eigenvalue weighted by atomic mass is 10.3. The third kappa shape index (κ3) is 3.38. The summed E-state index contributed by atoms with van der Waals surface area (Å²) in [4.78, 5) is 4.15. The molecule has 2 N–H and O–H groups in total. The summed E-state index contributed by atoms with van der Waals surface area (Å²) < 4.78 is 26.9. The van der Waals surface area contributed by atoms with Gasteiger partial charge in [0.15, 0.2) is 0 Å². The molecule has 19 heavy (non-hydrogen) atoms. The van der Waals surface area contributed by atoms with Gasteiger partial charge < -0.3 is 5.32 Å². The van der Waals surface area contributed by atoms with Crippen molar-refractivity contribution in [2.75, 3.05) is 11.9 Å². The number of halogens is 1. The average Bonchev–Trinajstić information content (AvgIpc) is 3.09. The summed E-state index contributed by atoms with van der Waals surface area (Å²) in [7, 11) is -3.52. The van der Waals surface area contributed by atoms with E-state index >= 15 is 0 Å². The second-order valence-electron chi connectivity index (χ2n) is 4.66. The predicted octanol–water partition coefficient (Wildman–Crippen LogP) is 2.24. The molecule has 0 saturated heterocycles. The fourth-order valence-electron chi connectivity index (χ4n) is 1.98. The molecule has 0 aromatic carbocycles. The molecule has 1 aliphatic rings. The summed E-state index contributed by atoms with van der Waals surface area (Å²) in [6, 6.07) is 1.49. The molecule has 1 aliphatic carbocycles. The molecular weight excluding hydrogens is 286 g/mol. The highest BCUT2D eigenvalue weighted by atomic mass is 35.5. The summed E-state index contributed by atoms with van der Waals surface area (Å²) in [6.07, 6.45) is 3.23. The van der Waals surface area contributed by atoms with Crippen molar-refractivity contribution in [3.05, 3.63) is 17.3 Å². The fraction of sp³-hybridized carbons (Fsp3) is 0.583. The third-order valence-corrected chi connectivity index (χ3v) is 4.97. The van der Waals surface area contributed by atoms with Crippen LogP contribution in [0.25, 0.3) is 0 Å². The molecular formula is C12H18ClN3O2S. The van der Waals surface area contributed by atoms with Gasteiger partial charge in [-0.05, 0) is 25.3 Å². The van der Waals surface area contributed by atoms with Crippen molar-refractivity contribution in [1.82, 2.24) is 9.71 Å². The zero-order valence-electron chi connectivity index (χ0n) is 11.0. The largest absolute Gasteiger partial charge is 0.369 e. The van der Waals surface area contributed by atoms with Gasteiger partial charge in [-0.1, -0.05) is 24.9 Å². The summed E-state index contributed by atoms with van der Waals surface area (Å²) in [6.45, 7) is 4.65. The third-order valence-electron chi connectivity index (χ3n) is 3.22. The molecule has 1 heterocycles. The van der Waals surface area contributed by atoms with Crippen LogP contribution in [0, 0.1) is 5.92 Å². The monoisotopic (exact) mass is 303 g/mol. The van der Waals surface area contributed by atoms with Crippen LogP contribution >= 0.6 is 11.6 Å². The van der Waals surface area contributed by atoms with E-state index in [2.05, 4.69) is 21.9 Å². The lowest BCUT2D eigenvalue weighted by Gasteiger charge is -2.09. The van der Waals surface area contributed by atoms with Crippen LogP contribution in [0.15, 0.2) is 17.2 Å². The van der Waals surface area contributed by atoms with Gasteiger partial charge in [0.1, 0.15) is 10.7 Å². The van der Waals surface area contributed by atoms with Crippen LogP contribution in [0.2, 0.25) is 5.02 Å². The fourth-order valence-corrected chi connectivity index (χ4v) is 3.56. The van der Waals surface area contributed by atoms with Crippen molar-refractivity contribution >= 4 is 27.4 Å². The molecule has 0 aliphatic heterocycles. The number of hydrogen-bond acceptors (Lipinski definition) is 4. The van der Waals surface area contributed by atoms with Gasteiger partial charge in [0.25, 0.3) is 0 Å². The van der Waals surface area contributed by atoms with Crippen LogP contribution in [-0.2, 0) is 10.0 Å². The number of hydrogen-bond donors (Lipinski definition) is 2. The highest BCUT2D eigenvalue weighted by Gasteiger charge is 2.38. The SMILES string of the molecule is CCNc1ncc(S(=O)(=O)NC2CC2CC)cc1Cl. The summed E-state index contributed by atoms with van der Waals surface area (Å²) in [5.41, 5.74) is 0. The van der Waals surface area contributed by atoms with Crippen LogP contribution in [-0.4, -0.2) is 26.0 Å². The molecule has 2 rings (SSSR count). The Morgan fingerprint density at radius 3 is 2.74 bits per heavy atom. The minimum Gasteiger partial charge on any atom is -0.369 e. The first kappa shape index (κ1) is 14.6. The van der Waals surface area contributed by atoms with Crippen LogP contribution in [0.1, 0.15) is 26.7 Å². The summed E-state index contributed by atoms with van der Waals surface area (Å²) >= 11 is 6.01. The molecule has 1 aromatic heterocycles. The standard InChI is InChI=1S/C12H18ClN3O2S/c1-3-8-5-11(8)16-19(17,18)9-6-10(13)12(14-4-2)15-7-9/h6-8,11,16H,3-5H2,1-2H3,(H,14,15). The number of rotatable bonds is 6. The molecule has 2 unspecified atom stereocenters. The number of anilines is 1. The van der Waals surface area contributed by atoms with Crippen molar-refractivity contribution < 1.29 is 8.42 Å². The number of aromatic nitrogens is 1. The minimum atomic E-state index is -3.52. The van der Waals surface area contributed by atoms with Crippen LogP contribution < -0.4 is 10.0 Å². The molecule has 1 saturated carbocycles. The van der Waals surface area contributed by atoms with Crippen molar-refractivity contribution in [3.8, 4) is 0 Å². The first-order valence-electron chi connectivity index (χ1n) is 6.39. The van der Waals surface area contributed by atoms with E-state index in [1.165, 1.54) is 12.3 Å². The van der Waals surface area contributed by atoms with Gasteiger partial charge in [0, 0.05) is 18.8 Å². The van der Waals surface area contributed by atoms with Crippen molar-refractivity contribution in [2.24, 2.45) is 5.92 Å². The normalized spacial score (nSPS) is 22.3. The molecule has 5 nitrogen and oxygen atoms in total. The van der Waals surface area contributed by atoms with Gasteiger partial charge in [0.05, 0.1) is 5.02 Å². The van der Waals surface area contributed by atoms with Crippen LogP contribution in [0.4, 0.5) is 5.82 Å². The van der Waals surface area contributed by atoms with Crippen molar-refractivity contribution in [2.45, 2.75) is 37.6 Å². The van der Waals surface area contributed by atoms with Gasteiger partial charge in [-0.25, -0.2) is 18.1 Å². The van der Waals surface area contributed by atoms with E-state index in [9.17, 15) is 8.42 Å². The average molecular weight is 304 g/mol. The van der Waals surface area contributed by atoms with Gasteiger partial charge in [-0.15, -0.1) is 0 Å². The Morgan fingerprint density at radius 2 is 2.21 bits per heavy atom. The molecule has 7 heteroatoms. The van der Waals surface area contributed by atoms with Crippen LogP contribution in [0.5, 0.6) is 0 Å². The highest BCUT2D eigenvalue weighted by Crippen LogP contribution is 2.34. The maximum absolute atomic E-state index is 12.1. The van der Waals surface area contributed by atoms with E-state index < -0.39 is 10.0 Å². The first-order chi connectivity index (χ1) is 8.97. The number of nitrogens with zero attached hydrogens (tertiary/aromatic N) is 1. The van der Waals surface area contributed by atoms with Crippen molar-refractivity contribution in [3.63, 3.8) is 0 Å². The Hall–Kier alpha value is -0.850. The highest BCUT2D eigenvalue weighted by molar-refractivity contribution is 7.89. The molecule has 1 aromatic rings. The van der Waals surface area contributed by atoms with Crippen molar-refractivity contribution in [1.29, 1.82) is 0 Å². The quantitative estimate of drug-likeness (QED) is 0.845. The Balaban J connectivity index is 2.14. The molecule has 106 valence electrons. The molecule has 0 bridgehead atoms. The zero-order chi connectivity index (χ0) is 14.0. The van der Waals surface area contributed by atoms with E-state index in [1.807, 2.05) is 6.92 Å². The summed E-state index contributed by atoms with van der Waals surface area (Å²) in [5, 5.41) is 3.28. The maximum atomic E-state index is 12.1. The Bertz CT molecular complexity index is 562. The second kappa shape index (κ2) is 5.64. The topological polar surface area (TPSA) is 71.1 Å². The Morgan fingerprint density at radius 1 is 1.47 bits per heavy atom. The predicted molar refractivity (Wildman–Crippen MR) is 75.9 cm³/mol. The smallest absolute Gasteiger partial charge is 0.242 e. The molecule has 1 fully saturated rings. The molecule has 0 amide bonds. The van der Waals surface area contributed by atoms with Crippen LogP contribution in [0.3, 0.4) is 0 Å². The first-order valence-corrected chi connectivity index (χ1v) is 8.25. The maximum Gasteiger partial charge on any atom is 0.242 e. The number of sulfonamides is 1. The number of nitrogens with one attached hydrogen (secondary N) is 2. The van der Waals surface area contributed by atoms with E-state index in [4.69, 9.17) is 11.6 Å². The summed E-state index contributed by atoms with van der Waals surface area (Å²) in [5.74, 6) is 0.959. The van der Waals surface area contributed by atoms with Gasteiger partial charge in [0.2, 0.25) is 10.0 Å². The zero-order valence-corrected chi connectivity index (χ0v) is 12.6. The van der Waals surface area contributed by atoms with Gasteiger partial charge in [-0.2, -0.15) is 0 Å². The Labute approximate surface area is 118 Å². The molecule has 2 atom stereocenters. The lowest BCUT2D eigenvalue weighted by Crippen LogP contribution is -2.27. The molecule has 0 spiro atoms. The molecule has 0 radical (unpaired) electrons. The van der Waals surface area contributed by atoms with E-state index in [0.717, 1.165) is 12.8 Å².